The van der Waals surface area contributed by atoms with E-state index in [1.54, 1.807) is 11.8 Å². The highest BCUT2D eigenvalue weighted by molar-refractivity contribution is 7.98. The van der Waals surface area contributed by atoms with Crippen molar-refractivity contribution in [2.24, 2.45) is 5.73 Å². The maximum Gasteiger partial charge on any atom is 0.239 e. The number of hydrogen-bond acceptors (Lipinski definition) is 5. The summed E-state index contributed by atoms with van der Waals surface area (Å²) in [5.74, 6) is 3.73. The minimum atomic E-state index is -0.375. The molecule has 0 aromatic carbocycles. The van der Waals surface area contributed by atoms with Gasteiger partial charge in [-0.25, -0.2) is 4.98 Å². The minimum Gasteiger partial charge on any atom is -0.341 e. The SMILES string of the molecule is CSCCC(N)C(=O)N1CCCC(c2n[nH]c(C3CC3)n2)C1. The molecule has 1 aromatic rings. The van der Waals surface area contributed by atoms with Crippen LogP contribution in [-0.2, 0) is 4.79 Å². The van der Waals surface area contributed by atoms with Crippen LogP contribution >= 0.6 is 11.8 Å². The number of carbonyl (C=O) groups is 1. The van der Waals surface area contributed by atoms with Gasteiger partial charge in [0.1, 0.15) is 5.82 Å². The number of amides is 1. The van der Waals surface area contributed by atoms with E-state index in [0.717, 1.165) is 43.2 Å². The second-order valence-electron chi connectivity index (χ2n) is 6.36. The molecule has 0 bridgehead atoms. The maximum atomic E-state index is 12.4. The van der Waals surface area contributed by atoms with Crippen LogP contribution in [0.25, 0.3) is 0 Å². The van der Waals surface area contributed by atoms with Crippen LogP contribution in [0, 0.1) is 0 Å². The summed E-state index contributed by atoms with van der Waals surface area (Å²) in [6.07, 6.45) is 7.26. The largest absolute Gasteiger partial charge is 0.341 e. The monoisotopic (exact) mass is 323 g/mol. The van der Waals surface area contributed by atoms with E-state index in [2.05, 4.69) is 15.2 Å². The van der Waals surface area contributed by atoms with Gasteiger partial charge in [-0.2, -0.15) is 16.9 Å². The zero-order chi connectivity index (χ0) is 15.5. The van der Waals surface area contributed by atoms with Gasteiger partial charge in [0.2, 0.25) is 5.91 Å². The molecule has 0 spiro atoms. The van der Waals surface area contributed by atoms with Gasteiger partial charge in [-0.15, -0.1) is 0 Å². The number of carbonyl (C=O) groups excluding carboxylic acids is 1. The van der Waals surface area contributed by atoms with Crippen molar-refractivity contribution in [1.82, 2.24) is 20.1 Å². The molecule has 6 nitrogen and oxygen atoms in total. The summed E-state index contributed by atoms with van der Waals surface area (Å²) in [7, 11) is 0. The number of nitrogens with zero attached hydrogens (tertiary/aromatic N) is 3. The summed E-state index contributed by atoms with van der Waals surface area (Å²) in [6, 6.07) is -0.375. The number of thioether (sulfide) groups is 1. The molecule has 1 saturated heterocycles. The fraction of sp³-hybridized carbons (Fsp3) is 0.800. The van der Waals surface area contributed by atoms with E-state index in [1.165, 1.54) is 12.8 Å². The third-order valence-electron chi connectivity index (χ3n) is 4.53. The number of nitrogens with two attached hydrogens (primary N) is 1. The first-order valence-corrected chi connectivity index (χ1v) is 9.54. The van der Waals surface area contributed by atoms with Gasteiger partial charge in [0.25, 0.3) is 0 Å². The van der Waals surface area contributed by atoms with E-state index < -0.39 is 0 Å². The van der Waals surface area contributed by atoms with Crippen LogP contribution in [-0.4, -0.2) is 57.1 Å². The van der Waals surface area contributed by atoms with Crippen LogP contribution in [0.4, 0.5) is 0 Å². The van der Waals surface area contributed by atoms with Crippen molar-refractivity contribution in [2.75, 3.05) is 25.1 Å². The highest BCUT2D eigenvalue weighted by atomic mass is 32.2. The molecule has 0 radical (unpaired) electrons. The van der Waals surface area contributed by atoms with Crippen LogP contribution in [0.3, 0.4) is 0 Å². The number of hydrogen-bond donors (Lipinski definition) is 2. The van der Waals surface area contributed by atoms with Gasteiger partial charge < -0.3 is 10.6 Å². The Hall–Kier alpha value is -1.08. The van der Waals surface area contributed by atoms with Crippen LogP contribution in [0.5, 0.6) is 0 Å². The zero-order valence-corrected chi connectivity index (χ0v) is 13.9. The predicted molar refractivity (Wildman–Crippen MR) is 87.9 cm³/mol. The Morgan fingerprint density at radius 3 is 3.00 bits per heavy atom. The number of aromatic nitrogens is 3. The summed E-state index contributed by atoms with van der Waals surface area (Å²) in [5.41, 5.74) is 6.03. The standard InChI is InChI=1S/C15H25N5OS/c1-22-8-6-12(16)15(21)20-7-2-3-11(9-20)14-17-13(18-19-14)10-4-5-10/h10-12H,2-9,16H2,1H3,(H,17,18,19). The van der Waals surface area contributed by atoms with E-state index in [-0.39, 0.29) is 17.9 Å². The summed E-state index contributed by atoms with van der Waals surface area (Å²) in [5, 5.41) is 7.45. The Morgan fingerprint density at radius 2 is 2.27 bits per heavy atom. The Bertz CT molecular complexity index is 516. The Balaban J connectivity index is 1.59. The van der Waals surface area contributed by atoms with Gasteiger partial charge in [0.05, 0.1) is 6.04 Å². The molecule has 1 amide bonds. The number of likely N-dealkylation sites (tertiary alicyclic amines) is 1. The molecule has 1 aromatic heterocycles. The molecule has 22 heavy (non-hydrogen) atoms. The number of rotatable bonds is 6. The number of aromatic amines is 1. The third-order valence-corrected chi connectivity index (χ3v) is 5.18. The Kier molecular flexibility index (Phi) is 5.03. The molecular formula is C15H25N5OS. The second kappa shape index (κ2) is 7.00. The lowest BCUT2D eigenvalue weighted by Crippen LogP contribution is -2.47. The van der Waals surface area contributed by atoms with Crippen molar-refractivity contribution >= 4 is 17.7 Å². The zero-order valence-electron chi connectivity index (χ0n) is 13.1. The quantitative estimate of drug-likeness (QED) is 0.827. The first-order valence-electron chi connectivity index (χ1n) is 8.14. The van der Waals surface area contributed by atoms with Crippen molar-refractivity contribution in [3.63, 3.8) is 0 Å². The fourth-order valence-corrected chi connectivity index (χ4v) is 3.49. The maximum absolute atomic E-state index is 12.4. The molecule has 1 aliphatic carbocycles. The lowest BCUT2D eigenvalue weighted by molar-refractivity contribution is -0.133. The van der Waals surface area contributed by atoms with Crippen LogP contribution in [0.2, 0.25) is 0 Å². The normalized spacial score (nSPS) is 23.5. The van der Waals surface area contributed by atoms with Crippen molar-refractivity contribution < 1.29 is 4.79 Å². The molecular weight excluding hydrogens is 298 g/mol. The van der Waals surface area contributed by atoms with Crippen LogP contribution in [0.1, 0.15) is 55.6 Å². The molecule has 7 heteroatoms. The van der Waals surface area contributed by atoms with Gasteiger partial charge in [-0.1, -0.05) is 0 Å². The van der Waals surface area contributed by atoms with Crippen LogP contribution in [0.15, 0.2) is 0 Å². The predicted octanol–water partition coefficient (Wildman–Crippen LogP) is 1.47. The molecule has 2 unspecified atom stereocenters. The van der Waals surface area contributed by atoms with Crippen molar-refractivity contribution in [3.05, 3.63) is 11.6 Å². The molecule has 2 aliphatic rings. The second-order valence-corrected chi connectivity index (χ2v) is 7.35. The van der Waals surface area contributed by atoms with Gasteiger partial charge in [0, 0.05) is 24.9 Å². The molecule has 3 rings (SSSR count). The fourth-order valence-electron chi connectivity index (χ4n) is 3.00. The Morgan fingerprint density at radius 1 is 1.45 bits per heavy atom. The third kappa shape index (κ3) is 3.63. The number of H-pyrrole nitrogens is 1. The van der Waals surface area contributed by atoms with Crippen molar-refractivity contribution in [2.45, 2.75) is 50.0 Å². The summed E-state index contributed by atoms with van der Waals surface area (Å²) in [6.45, 7) is 1.51. The highest BCUT2D eigenvalue weighted by Crippen LogP contribution is 2.38. The van der Waals surface area contributed by atoms with E-state index in [1.807, 2.05) is 11.2 Å². The molecule has 2 heterocycles. The van der Waals surface area contributed by atoms with Gasteiger partial charge >= 0.3 is 0 Å². The van der Waals surface area contributed by atoms with E-state index in [9.17, 15) is 4.79 Å². The lowest BCUT2D eigenvalue weighted by atomic mass is 9.96. The van der Waals surface area contributed by atoms with Gasteiger partial charge in [0.15, 0.2) is 5.82 Å². The number of piperidine rings is 1. The molecule has 2 atom stereocenters. The average Bonchev–Trinajstić information content (AvgIpc) is 3.29. The molecule has 2 fully saturated rings. The first kappa shape index (κ1) is 15.8. The number of nitrogens with one attached hydrogen (secondary N) is 1. The summed E-state index contributed by atoms with van der Waals surface area (Å²) in [4.78, 5) is 19.0. The van der Waals surface area contributed by atoms with Gasteiger partial charge in [-0.05, 0) is 44.1 Å². The minimum absolute atomic E-state index is 0.0803. The molecule has 122 valence electrons. The average molecular weight is 323 g/mol. The van der Waals surface area contributed by atoms with E-state index >= 15 is 0 Å². The summed E-state index contributed by atoms with van der Waals surface area (Å²) >= 11 is 1.73. The van der Waals surface area contributed by atoms with E-state index in [0.29, 0.717) is 12.5 Å². The first-order chi connectivity index (χ1) is 10.7. The summed E-state index contributed by atoms with van der Waals surface area (Å²) < 4.78 is 0. The topological polar surface area (TPSA) is 87.9 Å². The van der Waals surface area contributed by atoms with E-state index in [4.69, 9.17) is 5.73 Å². The van der Waals surface area contributed by atoms with Crippen molar-refractivity contribution in [3.8, 4) is 0 Å². The molecule has 1 saturated carbocycles. The lowest BCUT2D eigenvalue weighted by Gasteiger charge is -2.33. The molecule has 3 N–H and O–H groups in total. The smallest absolute Gasteiger partial charge is 0.239 e. The highest BCUT2D eigenvalue weighted by Gasteiger charge is 2.32. The van der Waals surface area contributed by atoms with Crippen LogP contribution < -0.4 is 5.73 Å². The van der Waals surface area contributed by atoms with Crippen molar-refractivity contribution in [1.29, 1.82) is 0 Å². The Labute approximate surface area is 135 Å². The molecule has 1 aliphatic heterocycles. The van der Waals surface area contributed by atoms with Gasteiger partial charge in [-0.3, -0.25) is 9.89 Å².